The van der Waals surface area contributed by atoms with Crippen molar-refractivity contribution in [2.45, 2.75) is 111 Å². The Labute approximate surface area is 185 Å². The van der Waals surface area contributed by atoms with E-state index in [1.165, 1.54) is 94.0 Å². The number of hydrogen-bond donors (Lipinski definition) is 0. The zero-order valence-corrected chi connectivity index (χ0v) is 22.4. The Balaban J connectivity index is 2.37. The molecule has 1 aromatic carbocycles. The van der Waals surface area contributed by atoms with E-state index in [0.29, 0.717) is 0 Å². The molecule has 1 aromatic rings. The molecule has 1 unspecified atom stereocenters. The lowest BCUT2D eigenvalue weighted by atomic mass is 10.1. The molecule has 167 valence electrons. The van der Waals surface area contributed by atoms with Crippen molar-refractivity contribution in [3.8, 4) is 0 Å². The average molecular weight is 435 g/mol. The maximum Gasteiger partial charge on any atom is 0.257 e. The predicted octanol–water partition coefficient (Wildman–Crippen LogP) is 7.17. The van der Waals surface area contributed by atoms with Crippen molar-refractivity contribution in [2.75, 3.05) is 13.6 Å². The number of hydrogen-bond acceptors (Lipinski definition) is 2. The van der Waals surface area contributed by atoms with E-state index in [-0.39, 0.29) is 0 Å². The summed E-state index contributed by atoms with van der Waals surface area (Å²) in [5.74, 6) is 0. The standard InChI is InChI=1S/C25H48NOSi2/c1-7-9-10-11-12-13-14-15-16-19-22-26(4)29(6,23-8-2)27-28(5)25-21-18-17-20-24(25)3/h17-18,20-21H,7-16,19,22-23H2,1-6H3. The van der Waals surface area contributed by atoms with Crippen LogP contribution in [-0.2, 0) is 4.12 Å². The van der Waals surface area contributed by atoms with Crippen molar-refractivity contribution in [2.24, 2.45) is 0 Å². The number of rotatable bonds is 17. The summed E-state index contributed by atoms with van der Waals surface area (Å²) in [6, 6.07) is 10.0. The summed E-state index contributed by atoms with van der Waals surface area (Å²) in [6.07, 6.45) is 15.2. The highest BCUT2D eigenvalue weighted by Crippen LogP contribution is 2.20. The predicted molar refractivity (Wildman–Crippen MR) is 135 cm³/mol. The van der Waals surface area contributed by atoms with Gasteiger partial charge in [0.05, 0.1) is 0 Å². The first kappa shape index (κ1) is 26.6. The zero-order chi connectivity index (χ0) is 21.5. The minimum absolute atomic E-state index is 0.952. The monoisotopic (exact) mass is 434 g/mol. The van der Waals surface area contributed by atoms with E-state index in [1.807, 2.05) is 0 Å². The minimum Gasteiger partial charge on any atom is -0.441 e. The molecule has 0 aliphatic rings. The molecule has 0 amide bonds. The molecule has 0 saturated heterocycles. The lowest BCUT2D eigenvalue weighted by Crippen LogP contribution is -2.56. The number of benzene rings is 1. The fraction of sp³-hybridized carbons (Fsp3) is 0.760. The first-order valence-corrected chi connectivity index (χ1v) is 16.7. The number of unbranched alkanes of at least 4 members (excludes halogenated alkanes) is 9. The van der Waals surface area contributed by atoms with Crippen molar-refractivity contribution in [3.63, 3.8) is 0 Å². The Morgan fingerprint density at radius 3 is 1.97 bits per heavy atom. The van der Waals surface area contributed by atoms with E-state index in [4.69, 9.17) is 4.12 Å². The van der Waals surface area contributed by atoms with Crippen molar-refractivity contribution >= 4 is 22.7 Å². The third-order valence-electron chi connectivity index (χ3n) is 6.27. The maximum atomic E-state index is 6.92. The molecule has 0 fully saturated rings. The van der Waals surface area contributed by atoms with Crippen molar-refractivity contribution in [1.29, 1.82) is 0 Å². The molecule has 4 heteroatoms. The van der Waals surface area contributed by atoms with E-state index in [9.17, 15) is 0 Å². The first-order valence-electron chi connectivity index (χ1n) is 12.2. The molecule has 0 heterocycles. The Hall–Kier alpha value is -0.426. The van der Waals surface area contributed by atoms with Gasteiger partial charge >= 0.3 is 0 Å². The van der Waals surface area contributed by atoms with Gasteiger partial charge in [-0.05, 0) is 56.8 Å². The molecule has 0 N–H and O–H groups in total. The van der Waals surface area contributed by atoms with Crippen LogP contribution in [0.1, 0.15) is 90.0 Å². The van der Waals surface area contributed by atoms with Gasteiger partial charge in [-0.3, -0.25) is 0 Å². The largest absolute Gasteiger partial charge is 0.441 e. The second kappa shape index (κ2) is 15.4. The topological polar surface area (TPSA) is 12.5 Å². The van der Waals surface area contributed by atoms with Crippen LogP contribution in [0.2, 0.25) is 19.1 Å². The summed E-state index contributed by atoms with van der Waals surface area (Å²) < 4.78 is 9.53. The van der Waals surface area contributed by atoms with Crippen LogP contribution in [0.25, 0.3) is 0 Å². The van der Waals surface area contributed by atoms with Crippen LogP contribution in [0.4, 0.5) is 0 Å². The van der Waals surface area contributed by atoms with Crippen molar-refractivity contribution in [3.05, 3.63) is 29.8 Å². The van der Waals surface area contributed by atoms with Gasteiger partial charge in [-0.15, -0.1) is 0 Å². The van der Waals surface area contributed by atoms with E-state index in [0.717, 1.165) is 0 Å². The van der Waals surface area contributed by atoms with Crippen LogP contribution in [0, 0.1) is 6.92 Å². The quantitative estimate of drug-likeness (QED) is 0.190. The van der Waals surface area contributed by atoms with Crippen LogP contribution in [0.3, 0.4) is 0 Å². The smallest absolute Gasteiger partial charge is 0.257 e. The first-order chi connectivity index (χ1) is 13.9. The van der Waals surface area contributed by atoms with Gasteiger partial charge in [0, 0.05) is 0 Å². The molecule has 0 aliphatic carbocycles. The molecule has 0 aromatic heterocycles. The van der Waals surface area contributed by atoms with Crippen LogP contribution in [0.5, 0.6) is 0 Å². The third-order valence-corrected chi connectivity index (χ3v) is 13.8. The van der Waals surface area contributed by atoms with E-state index >= 15 is 0 Å². The van der Waals surface area contributed by atoms with Crippen molar-refractivity contribution in [1.82, 2.24) is 4.57 Å². The Kier molecular flexibility index (Phi) is 14.1. The summed E-state index contributed by atoms with van der Waals surface area (Å²) in [6.45, 7) is 12.8. The Morgan fingerprint density at radius 2 is 1.41 bits per heavy atom. The van der Waals surface area contributed by atoms with Crippen LogP contribution in [-0.4, -0.2) is 35.7 Å². The normalized spacial score (nSPS) is 13.9. The average Bonchev–Trinajstić information content (AvgIpc) is 2.69. The van der Waals surface area contributed by atoms with Gasteiger partial charge in [0.1, 0.15) is 0 Å². The summed E-state index contributed by atoms with van der Waals surface area (Å²) in [4.78, 5) is 0. The lowest BCUT2D eigenvalue weighted by molar-refractivity contribution is 0.383. The molecular weight excluding hydrogens is 386 g/mol. The molecule has 0 spiro atoms. The van der Waals surface area contributed by atoms with Crippen LogP contribution < -0.4 is 5.19 Å². The van der Waals surface area contributed by atoms with Crippen LogP contribution in [0.15, 0.2) is 24.3 Å². The fourth-order valence-corrected chi connectivity index (χ4v) is 11.2. The van der Waals surface area contributed by atoms with Gasteiger partial charge in [-0.1, -0.05) is 102 Å². The van der Waals surface area contributed by atoms with Crippen LogP contribution >= 0.6 is 0 Å². The van der Waals surface area contributed by atoms with Gasteiger partial charge in [-0.25, -0.2) is 0 Å². The molecule has 29 heavy (non-hydrogen) atoms. The summed E-state index contributed by atoms with van der Waals surface area (Å²) >= 11 is 0. The summed E-state index contributed by atoms with van der Waals surface area (Å²) in [5.41, 5.74) is 1.38. The zero-order valence-electron chi connectivity index (χ0n) is 20.4. The highest BCUT2D eigenvalue weighted by molar-refractivity contribution is 6.81. The molecule has 2 nitrogen and oxygen atoms in total. The second-order valence-electron chi connectivity index (χ2n) is 9.00. The minimum atomic E-state index is -1.84. The maximum absolute atomic E-state index is 6.92. The van der Waals surface area contributed by atoms with Gasteiger partial charge < -0.3 is 8.68 Å². The fourth-order valence-electron chi connectivity index (χ4n) is 4.21. The molecule has 0 bridgehead atoms. The molecule has 1 rings (SSSR count). The second-order valence-corrected chi connectivity index (χ2v) is 15.1. The van der Waals surface area contributed by atoms with Gasteiger partial charge in [-0.2, -0.15) is 0 Å². The van der Waals surface area contributed by atoms with Gasteiger partial charge in [0.2, 0.25) is 9.04 Å². The number of nitrogens with zero attached hydrogens (tertiary/aromatic N) is 1. The SMILES string of the molecule is CCCCCCCCCCCCN(C)[Si](C)(CCC)O[Si](C)c1ccccc1C. The Morgan fingerprint density at radius 1 is 0.862 bits per heavy atom. The summed E-state index contributed by atoms with van der Waals surface area (Å²) in [7, 11) is -0.467. The van der Waals surface area contributed by atoms with Crippen molar-refractivity contribution < 1.29 is 4.12 Å². The Bertz CT molecular complexity index is 539. The van der Waals surface area contributed by atoms with Gasteiger partial charge in [0.15, 0.2) is 0 Å². The number of aryl methyl sites for hydroxylation is 1. The molecule has 0 aliphatic heterocycles. The molecule has 1 atom stereocenters. The summed E-state index contributed by atoms with van der Waals surface area (Å²) in [5, 5.41) is 1.44. The highest BCUT2D eigenvalue weighted by atomic mass is 28.4. The third kappa shape index (κ3) is 10.4. The molecule has 0 saturated carbocycles. The molecule has 1 radical (unpaired) electrons. The van der Waals surface area contributed by atoms with E-state index in [2.05, 4.69) is 69.7 Å². The van der Waals surface area contributed by atoms with Gasteiger partial charge in [0.25, 0.3) is 8.48 Å². The van der Waals surface area contributed by atoms with E-state index < -0.39 is 17.5 Å². The highest BCUT2D eigenvalue weighted by Gasteiger charge is 2.36. The molecular formula is C25H48NOSi2. The van der Waals surface area contributed by atoms with E-state index in [1.54, 1.807) is 0 Å². The lowest BCUT2D eigenvalue weighted by Gasteiger charge is -2.38.